The molecule has 1 saturated heterocycles. The molecule has 2 heterocycles. The molecule has 3 aromatic rings. The van der Waals surface area contributed by atoms with E-state index in [9.17, 15) is 22.4 Å². The van der Waals surface area contributed by atoms with E-state index in [0.717, 1.165) is 12.1 Å². The third-order valence-electron chi connectivity index (χ3n) is 5.38. The number of anilines is 1. The van der Waals surface area contributed by atoms with Crippen LogP contribution < -0.4 is 10.2 Å². The van der Waals surface area contributed by atoms with Crippen molar-refractivity contribution in [2.75, 3.05) is 18.0 Å². The molecule has 0 aliphatic carbocycles. The van der Waals surface area contributed by atoms with Crippen LogP contribution in [0.4, 0.5) is 23.2 Å². The van der Waals surface area contributed by atoms with Crippen molar-refractivity contribution in [3.63, 3.8) is 0 Å². The van der Waals surface area contributed by atoms with Gasteiger partial charge in [0.25, 0.3) is 0 Å². The number of furan rings is 1. The zero-order valence-corrected chi connectivity index (χ0v) is 16.2. The molecule has 1 N–H and O–H groups in total. The summed E-state index contributed by atoms with van der Waals surface area (Å²) in [6, 6.07) is 10.6. The number of alkyl halides is 3. The lowest BCUT2D eigenvalue weighted by molar-refractivity contribution is -0.137. The molecular weight excluding hydrogens is 400 g/mol. The summed E-state index contributed by atoms with van der Waals surface area (Å²) in [7, 11) is 0. The van der Waals surface area contributed by atoms with E-state index in [1.165, 1.54) is 24.3 Å². The molecule has 4 rings (SSSR count). The first-order valence-electron chi connectivity index (χ1n) is 9.62. The van der Waals surface area contributed by atoms with E-state index in [2.05, 4.69) is 5.32 Å². The molecule has 0 radical (unpaired) electrons. The molecule has 158 valence electrons. The van der Waals surface area contributed by atoms with Gasteiger partial charge in [0.2, 0.25) is 5.91 Å². The topological polar surface area (TPSA) is 45.5 Å². The molecule has 1 aliphatic rings. The third kappa shape index (κ3) is 4.13. The van der Waals surface area contributed by atoms with Crippen molar-refractivity contribution in [1.29, 1.82) is 0 Å². The van der Waals surface area contributed by atoms with E-state index < -0.39 is 17.8 Å². The van der Waals surface area contributed by atoms with E-state index >= 15 is 0 Å². The second-order valence-corrected chi connectivity index (χ2v) is 7.54. The third-order valence-corrected chi connectivity index (χ3v) is 5.38. The van der Waals surface area contributed by atoms with Crippen LogP contribution in [0.2, 0.25) is 0 Å². The highest BCUT2D eigenvalue weighted by molar-refractivity contribution is 5.81. The summed E-state index contributed by atoms with van der Waals surface area (Å²) in [4.78, 5) is 14.5. The van der Waals surface area contributed by atoms with Gasteiger partial charge in [-0.05, 0) is 55.8 Å². The number of halogens is 4. The molecule has 0 bridgehead atoms. The monoisotopic (exact) mass is 420 g/mol. The largest absolute Gasteiger partial charge is 0.459 e. The predicted octanol–water partition coefficient (Wildman–Crippen LogP) is 5.29. The molecule has 8 heteroatoms. The van der Waals surface area contributed by atoms with Crippen LogP contribution in [0.1, 0.15) is 30.7 Å². The van der Waals surface area contributed by atoms with Crippen LogP contribution >= 0.6 is 0 Å². The van der Waals surface area contributed by atoms with Crippen LogP contribution in [0, 0.1) is 11.7 Å². The minimum absolute atomic E-state index is 0.191. The molecule has 4 nitrogen and oxygen atoms in total. The zero-order chi connectivity index (χ0) is 21.5. The van der Waals surface area contributed by atoms with Crippen molar-refractivity contribution in [2.45, 2.75) is 25.6 Å². The number of amides is 1. The van der Waals surface area contributed by atoms with Crippen molar-refractivity contribution >= 4 is 22.6 Å². The van der Waals surface area contributed by atoms with E-state index in [4.69, 9.17) is 4.42 Å². The fourth-order valence-corrected chi connectivity index (χ4v) is 3.74. The summed E-state index contributed by atoms with van der Waals surface area (Å²) >= 11 is 0. The highest BCUT2D eigenvalue weighted by Gasteiger charge is 2.33. The molecule has 0 unspecified atom stereocenters. The Labute approximate surface area is 170 Å². The van der Waals surface area contributed by atoms with E-state index in [0.29, 0.717) is 41.9 Å². The summed E-state index contributed by atoms with van der Waals surface area (Å²) in [6.07, 6.45) is -3.86. The van der Waals surface area contributed by atoms with Gasteiger partial charge in [-0.2, -0.15) is 13.2 Å². The lowest BCUT2D eigenvalue weighted by Crippen LogP contribution is -2.34. The SMILES string of the molecule is C[C@@H](NC(=O)[C@@H]1CCN(c2cccc(C(F)(F)F)c2)C1)c1cc2cc(F)ccc2o1. The van der Waals surface area contributed by atoms with E-state index in [-0.39, 0.29) is 17.6 Å². The van der Waals surface area contributed by atoms with Crippen molar-refractivity contribution in [1.82, 2.24) is 5.32 Å². The van der Waals surface area contributed by atoms with Crippen LogP contribution in [0.5, 0.6) is 0 Å². The molecule has 2 atom stereocenters. The van der Waals surface area contributed by atoms with Crippen LogP contribution in [0.25, 0.3) is 11.0 Å². The fraction of sp³-hybridized carbons (Fsp3) is 0.318. The summed E-state index contributed by atoms with van der Waals surface area (Å²) < 4.78 is 57.9. The number of carbonyl (C=O) groups excluding carboxylic acids is 1. The first kappa shape index (κ1) is 20.3. The number of nitrogens with one attached hydrogen (secondary N) is 1. The minimum atomic E-state index is -4.41. The van der Waals surface area contributed by atoms with Gasteiger partial charge in [0.1, 0.15) is 17.2 Å². The van der Waals surface area contributed by atoms with Gasteiger partial charge in [-0.25, -0.2) is 4.39 Å². The number of nitrogens with zero attached hydrogens (tertiary/aromatic N) is 1. The predicted molar refractivity (Wildman–Crippen MR) is 104 cm³/mol. The van der Waals surface area contributed by atoms with Gasteiger partial charge < -0.3 is 14.6 Å². The van der Waals surface area contributed by atoms with Gasteiger partial charge in [0.15, 0.2) is 0 Å². The van der Waals surface area contributed by atoms with Gasteiger partial charge in [-0.15, -0.1) is 0 Å². The quantitative estimate of drug-likeness (QED) is 0.583. The molecule has 1 aromatic heterocycles. The van der Waals surface area contributed by atoms with Crippen molar-refractivity contribution < 1.29 is 26.8 Å². The average Bonchev–Trinajstić information content (AvgIpc) is 3.34. The van der Waals surface area contributed by atoms with Crippen LogP contribution in [0.3, 0.4) is 0 Å². The standard InChI is InChI=1S/C22H20F4N2O2/c1-13(20-10-15-9-17(23)5-6-19(15)30-20)27-21(29)14-7-8-28(12-14)18-4-2-3-16(11-18)22(24,25)26/h2-6,9-11,13-14H,7-8,12H2,1H3,(H,27,29)/t13-,14-/m1/s1. The van der Waals surface area contributed by atoms with Gasteiger partial charge in [-0.3, -0.25) is 4.79 Å². The highest BCUT2D eigenvalue weighted by Crippen LogP contribution is 2.33. The van der Waals surface area contributed by atoms with E-state index in [1.807, 2.05) is 0 Å². The van der Waals surface area contributed by atoms with Gasteiger partial charge in [0.05, 0.1) is 17.5 Å². The van der Waals surface area contributed by atoms with E-state index in [1.54, 1.807) is 24.0 Å². The average molecular weight is 420 g/mol. The highest BCUT2D eigenvalue weighted by atomic mass is 19.4. The number of carbonyl (C=O) groups is 1. The maximum atomic E-state index is 13.3. The molecule has 0 spiro atoms. The smallest absolute Gasteiger partial charge is 0.416 e. The maximum absolute atomic E-state index is 13.3. The first-order valence-corrected chi connectivity index (χ1v) is 9.62. The summed E-state index contributed by atoms with van der Waals surface area (Å²) in [5.41, 5.74) is 0.277. The Kier molecular flexibility index (Phi) is 5.17. The van der Waals surface area contributed by atoms with Crippen LogP contribution in [-0.2, 0) is 11.0 Å². The van der Waals surface area contributed by atoms with Crippen LogP contribution in [-0.4, -0.2) is 19.0 Å². The van der Waals surface area contributed by atoms with Crippen molar-refractivity contribution in [3.05, 3.63) is 65.7 Å². The Morgan fingerprint density at radius 1 is 1.20 bits per heavy atom. The molecule has 1 fully saturated rings. The summed E-state index contributed by atoms with van der Waals surface area (Å²) in [6.45, 7) is 2.61. The number of fused-ring (bicyclic) bond motifs is 1. The van der Waals surface area contributed by atoms with Gasteiger partial charge in [-0.1, -0.05) is 6.07 Å². The number of rotatable bonds is 4. The summed E-state index contributed by atoms with van der Waals surface area (Å²) in [5, 5.41) is 3.50. The Bertz CT molecular complexity index is 1080. The van der Waals surface area contributed by atoms with Crippen molar-refractivity contribution in [3.8, 4) is 0 Å². The Morgan fingerprint density at radius 2 is 2.00 bits per heavy atom. The van der Waals surface area contributed by atoms with Crippen molar-refractivity contribution in [2.24, 2.45) is 5.92 Å². The molecule has 30 heavy (non-hydrogen) atoms. The number of benzene rings is 2. The second kappa shape index (κ2) is 7.66. The fourth-order valence-electron chi connectivity index (χ4n) is 3.74. The molecule has 2 aromatic carbocycles. The number of hydrogen-bond donors (Lipinski definition) is 1. The minimum Gasteiger partial charge on any atom is -0.459 e. The Hall–Kier alpha value is -3.03. The lowest BCUT2D eigenvalue weighted by atomic mass is 10.1. The van der Waals surface area contributed by atoms with Gasteiger partial charge in [0, 0.05) is 24.2 Å². The maximum Gasteiger partial charge on any atom is 0.416 e. The van der Waals surface area contributed by atoms with Gasteiger partial charge >= 0.3 is 6.18 Å². The Balaban J connectivity index is 1.41. The molecular formula is C22H20F4N2O2. The number of hydrogen-bond acceptors (Lipinski definition) is 3. The second-order valence-electron chi connectivity index (χ2n) is 7.54. The van der Waals surface area contributed by atoms with Crippen LogP contribution in [0.15, 0.2) is 52.9 Å². The lowest BCUT2D eigenvalue weighted by Gasteiger charge is -2.20. The summed E-state index contributed by atoms with van der Waals surface area (Å²) in [5.74, 6) is -0.392. The molecule has 1 aliphatic heterocycles. The molecule has 0 saturated carbocycles. The normalized spacial score (nSPS) is 18.0. The zero-order valence-electron chi connectivity index (χ0n) is 16.2. The first-order chi connectivity index (χ1) is 14.2. The Morgan fingerprint density at radius 3 is 2.77 bits per heavy atom. The molecule has 1 amide bonds.